The van der Waals surface area contributed by atoms with Crippen molar-refractivity contribution in [1.29, 1.82) is 0 Å². The quantitative estimate of drug-likeness (QED) is 0.582. The Bertz CT molecular complexity index is 1170. The number of aromatic nitrogens is 3. The summed E-state index contributed by atoms with van der Waals surface area (Å²) in [5, 5.41) is 3.15. The molecule has 2 aromatic heterocycles. The van der Waals surface area contributed by atoms with Crippen LogP contribution in [0.4, 0.5) is 17.5 Å². The summed E-state index contributed by atoms with van der Waals surface area (Å²) < 4.78 is 33.3. The van der Waals surface area contributed by atoms with Gasteiger partial charge in [0.25, 0.3) is 0 Å². The number of pyridine rings is 1. The summed E-state index contributed by atoms with van der Waals surface area (Å²) in [4.78, 5) is 15.2. The normalized spacial score (nSPS) is 14.9. The van der Waals surface area contributed by atoms with Gasteiger partial charge in [0, 0.05) is 38.4 Å². The van der Waals surface area contributed by atoms with E-state index in [4.69, 9.17) is 4.74 Å². The highest BCUT2D eigenvalue weighted by atomic mass is 32.2. The van der Waals surface area contributed by atoms with Crippen molar-refractivity contribution in [3.63, 3.8) is 0 Å². The number of ether oxygens (including phenoxy) is 1. The van der Waals surface area contributed by atoms with Crippen LogP contribution in [0.15, 0.2) is 59.9 Å². The molecule has 1 saturated heterocycles. The third-order valence-corrected chi connectivity index (χ3v) is 7.11. The van der Waals surface area contributed by atoms with Crippen molar-refractivity contribution in [1.82, 2.24) is 19.3 Å². The van der Waals surface area contributed by atoms with Crippen LogP contribution in [0.3, 0.4) is 0 Å². The highest BCUT2D eigenvalue weighted by Crippen LogP contribution is 2.26. The van der Waals surface area contributed by atoms with Gasteiger partial charge in [-0.15, -0.1) is 0 Å². The minimum atomic E-state index is -3.57. The van der Waals surface area contributed by atoms with Gasteiger partial charge in [0.15, 0.2) is 0 Å². The number of hydrogen-bond acceptors (Lipinski definition) is 8. The van der Waals surface area contributed by atoms with Gasteiger partial charge in [0.1, 0.15) is 29.5 Å². The fourth-order valence-corrected chi connectivity index (χ4v) is 5.07. The Labute approximate surface area is 188 Å². The minimum Gasteiger partial charge on any atom is -0.494 e. The van der Waals surface area contributed by atoms with Crippen LogP contribution in [-0.2, 0) is 10.0 Å². The number of piperazine rings is 1. The topological polar surface area (TPSA) is 101 Å². The molecule has 0 saturated carbocycles. The van der Waals surface area contributed by atoms with Crippen molar-refractivity contribution in [2.75, 3.05) is 43.0 Å². The largest absolute Gasteiger partial charge is 0.494 e. The third-order valence-electron chi connectivity index (χ3n) is 5.22. The molecule has 168 valence electrons. The zero-order valence-corrected chi connectivity index (χ0v) is 18.9. The lowest BCUT2D eigenvalue weighted by Crippen LogP contribution is -2.48. The molecule has 0 radical (unpaired) electrons. The molecular formula is C22H26N6O3S. The average molecular weight is 455 g/mol. The maximum atomic E-state index is 13.1. The number of rotatable bonds is 7. The van der Waals surface area contributed by atoms with E-state index in [0.717, 1.165) is 11.4 Å². The van der Waals surface area contributed by atoms with E-state index in [-0.39, 0.29) is 4.90 Å². The van der Waals surface area contributed by atoms with Crippen LogP contribution in [0.2, 0.25) is 0 Å². The maximum absolute atomic E-state index is 13.1. The molecule has 0 amide bonds. The van der Waals surface area contributed by atoms with E-state index in [1.165, 1.54) is 10.6 Å². The summed E-state index contributed by atoms with van der Waals surface area (Å²) in [6.45, 7) is 6.12. The monoisotopic (exact) mass is 454 g/mol. The molecule has 1 aromatic carbocycles. The Morgan fingerprint density at radius 3 is 2.50 bits per heavy atom. The molecule has 1 N–H and O–H groups in total. The molecule has 9 nitrogen and oxygen atoms in total. The van der Waals surface area contributed by atoms with Gasteiger partial charge in [-0.3, -0.25) is 0 Å². The molecule has 0 unspecified atom stereocenters. The van der Waals surface area contributed by atoms with Gasteiger partial charge in [-0.05, 0) is 49.7 Å². The van der Waals surface area contributed by atoms with Gasteiger partial charge in [0.2, 0.25) is 10.0 Å². The summed E-state index contributed by atoms with van der Waals surface area (Å²) in [6, 6.07) is 12.4. The van der Waals surface area contributed by atoms with Crippen molar-refractivity contribution in [3.8, 4) is 5.75 Å². The lowest BCUT2D eigenvalue weighted by Gasteiger charge is -2.34. The molecule has 3 heterocycles. The first-order chi connectivity index (χ1) is 15.5. The Kier molecular flexibility index (Phi) is 6.52. The molecule has 4 rings (SSSR count). The van der Waals surface area contributed by atoms with E-state index in [1.807, 2.05) is 38.1 Å². The molecule has 0 aliphatic carbocycles. The number of nitrogens with one attached hydrogen (secondary N) is 1. The predicted octanol–water partition coefficient (Wildman–Crippen LogP) is 2.83. The first-order valence-corrected chi connectivity index (χ1v) is 11.9. The second-order valence-electron chi connectivity index (χ2n) is 7.35. The first kappa shape index (κ1) is 22.0. The lowest BCUT2D eigenvalue weighted by molar-refractivity contribution is 0.337. The van der Waals surface area contributed by atoms with Crippen LogP contribution in [-0.4, -0.2) is 60.5 Å². The molecule has 3 aromatic rings. The molecule has 1 aliphatic heterocycles. The third kappa shape index (κ3) is 4.81. The van der Waals surface area contributed by atoms with Crippen LogP contribution in [0.25, 0.3) is 0 Å². The number of anilines is 3. The summed E-state index contributed by atoms with van der Waals surface area (Å²) in [5.74, 6) is 2.77. The van der Waals surface area contributed by atoms with Crippen LogP contribution in [0, 0.1) is 6.92 Å². The van der Waals surface area contributed by atoms with Crippen LogP contribution in [0.1, 0.15) is 12.5 Å². The SMILES string of the molecule is CCOc1ccc(S(=O)(=O)N2CCN(c3cc(Nc4ccccn4)ncn3)CC2)cc1C. The molecule has 32 heavy (non-hydrogen) atoms. The Morgan fingerprint density at radius 2 is 1.81 bits per heavy atom. The molecule has 0 bridgehead atoms. The fourth-order valence-electron chi connectivity index (χ4n) is 3.56. The Balaban J connectivity index is 1.43. The van der Waals surface area contributed by atoms with Crippen molar-refractivity contribution in [3.05, 3.63) is 60.6 Å². The molecule has 0 spiro atoms. The maximum Gasteiger partial charge on any atom is 0.243 e. The van der Waals surface area contributed by atoms with Gasteiger partial charge in [-0.1, -0.05) is 6.07 Å². The molecule has 10 heteroatoms. The first-order valence-electron chi connectivity index (χ1n) is 10.5. The van der Waals surface area contributed by atoms with Crippen LogP contribution < -0.4 is 15.0 Å². The number of benzene rings is 1. The standard InChI is InChI=1S/C22H26N6O3S/c1-3-31-19-8-7-18(14-17(19)2)32(29,30)28-12-10-27(11-13-28)22-15-21(24-16-25-22)26-20-6-4-5-9-23-20/h4-9,14-16H,3,10-13H2,1-2H3,(H,23,24,25,26). The van der Waals surface area contributed by atoms with E-state index in [1.54, 1.807) is 24.4 Å². The minimum absolute atomic E-state index is 0.288. The van der Waals surface area contributed by atoms with Crippen molar-refractivity contribution >= 4 is 27.5 Å². The summed E-state index contributed by atoms with van der Waals surface area (Å²) >= 11 is 0. The van der Waals surface area contributed by atoms with Gasteiger partial charge in [-0.25, -0.2) is 23.4 Å². The summed E-state index contributed by atoms with van der Waals surface area (Å²) in [5.41, 5.74) is 0.806. The van der Waals surface area contributed by atoms with Gasteiger partial charge < -0.3 is 15.0 Å². The highest BCUT2D eigenvalue weighted by Gasteiger charge is 2.29. The summed E-state index contributed by atoms with van der Waals surface area (Å²) in [6.07, 6.45) is 3.20. The van der Waals surface area contributed by atoms with E-state index < -0.39 is 10.0 Å². The Morgan fingerprint density at radius 1 is 1.00 bits per heavy atom. The summed E-state index contributed by atoms with van der Waals surface area (Å²) in [7, 11) is -3.57. The van der Waals surface area contributed by atoms with Crippen molar-refractivity contribution in [2.45, 2.75) is 18.7 Å². The second-order valence-corrected chi connectivity index (χ2v) is 9.29. The Hall–Kier alpha value is -3.24. The second kappa shape index (κ2) is 9.49. The number of sulfonamides is 1. The van der Waals surface area contributed by atoms with E-state index in [2.05, 4.69) is 25.2 Å². The van der Waals surface area contributed by atoms with Crippen LogP contribution >= 0.6 is 0 Å². The number of hydrogen-bond donors (Lipinski definition) is 1. The highest BCUT2D eigenvalue weighted by molar-refractivity contribution is 7.89. The van der Waals surface area contributed by atoms with Gasteiger partial charge >= 0.3 is 0 Å². The van der Waals surface area contributed by atoms with Crippen molar-refractivity contribution < 1.29 is 13.2 Å². The van der Waals surface area contributed by atoms with Gasteiger partial charge in [-0.2, -0.15) is 4.31 Å². The molecule has 1 fully saturated rings. The lowest BCUT2D eigenvalue weighted by atomic mass is 10.2. The number of nitrogens with zero attached hydrogens (tertiary/aromatic N) is 5. The van der Waals surface area contributed by atoms with E-state index in [0.29, 0.717) is 50.2 Å². The smallest absolute Gasteiger partial charge is 0.243 e. The van der Waals surface area contributed by atoms with Crippen LogP contribution in [0.5, 0.6) is 5.75 Å². The molecular weight excluding hydrogens is 428 g/mol. The zero-order chi connectivity index (χ0) is 22.6. The fraction of sp³-hybridized carbons (Fsp3) is 0.318. The average Bonchev–Trinajstić information content (AvgIpc) is 2.81. The molecule has 1 aliphatic rings. The zero-order valence-electron chi connectivity index (χ0n) is 18.1. The van der Waals surface area contributed by atoms with E-state index in [9.17, 15) is 8.42 Å². The van der Waals surface area contributed by atoms with Gasteiger partial charge in [0.05, 0.1) is 11.5 Å². The van der Waals surface area contributed by atoms with E-state index >= 15 is 0 Å². The molecule has 0 atom stereocenters. The predicted molar refractivity (Wildman–Crippen MR) is 123 cm³/mol. The van der Waals surface area contributed by atoms with Crippen molar-refractivity contribution in [2.24, 2.45) is 0 Å². The number of aryl methyl sites for hydroxylation is 1.